The third-order valence-electron chi connectivity index (χ3n) is 7.91. The Kier molecular flexibility index (Phi) is 11.5. The molecule has 1 aliphatic heterocycles. The van der Waals surface area contributed by atoms with E-state index in [9.17, 15) is 14.7 Å². The van der Waals surface area contributed by atoms with Gasteiger partial charge in [-0.3, -0.25) is 14.5 Å². The fourth-order valence-corrected chi connectivity index (χ4v) is 5.56. The molecule has 1 fully saturated rings. The van der Waals surface area contributed by atoms with Crippen LogP contribution in [-0.4, -0.2) is 41.5 Å². The van der Waals surface area contributed by atoms with Gasteiger partial charge in [-0.15, -0.1) is 0 Å². The van der Waals surface area contributed by atoms with Crippen molar-refractivity contribution in [2.45, 2.75) is 57.3 Å². The van der Waals surface area contributed by atoms with Crippen LogP contribution in [0, 0.1) is 0 Å². The van der Waals surface area contributed by atoms with E-state index in [1.165, 1.54) is 5.56 Å². The zero-order valence-corrected chi connectivity index (χ0v) is 26.1. The second-order valence-electron chi connectivity index (χ2n) is 11.7. The summed E-state index contributed by atoms with van der Waals surface area (Å²) in [5.74, 6) is -0.374. The van der Waals surface area contributed by atoms with Crippen LogP contribution in [0.1, 0.15) is 60.3 Å². The molecule has 3 atom stereocenters. The van der Waals surface area contributed by atoms with Crippen molar-refractivity contribution in [2.75, 3.05) is 30.0 Å². The molecule has 0 bridgehead atoms. The quantitative estimate of drug-likeness (QED) is 0.131. The second-order valence-corrected chi connectivity index (χ2v) is 11.7. The molecule has 0 aromatic heterocycles. The Labute approximate surface area is 270 Å². The fraction of sp³-hybridized carbons (Fsp3) is 0.297. The average Bonchev–Trinajstić information content (AvgIpc) is 3.06. The van der Waals surface area contributed by atoms with Crippen molar-refractivity contribution in [3.63, 3.8) is 0 Å². The number of hydrogen-bond donors (Lipinski definition) is 4. The molecule has 1 saturated heterocycles. The highest BCUT2D eigenvalue weighted by Gasteiger charge is 2.33. The summed E-state index contributed by atoms with van der Waals surface area (Å²) in [7, 11) is 2.09. The summed E-state index contributed by atoms with van der Waals surface area (Å²) < 4.78 is 13.0. The van der Waals surface area contributed by atoms with Crippen molar-refractivity contribution in [1.29, 1.82) is 0 Å². The summed E-state index contributed by atoms with van der Waals surface area (Å²) in [6, 6.07) is 32.7. The van der Waals surface area contributed by atoms with Crippen LogP contribution in [0.3, 0.4) is 0 Å². The molecule has 1 aliphatic rings. The molecule has 9 nitrogen and oxygen atoms in total. The van der Waals surface area contributed by atoms with Gasteiger partial charge in [-0.2, -0.15) is 0 Å². The number of nitrogens with one attached hydrogen (secondary N) is 2. The van der Waals surface area contributed by atoms with Gasteiger partial charge in [0.1, 0.15) is 0 Å². The summed E-state index contributed by atoms with van der Waals surface area (Å²) in [6.45, 7) is 1.49. The van der Waals surface area contributed by atoms with Crippen molar-refractivity contribution in [3.05, 3.63) is 125 Å². The van der Waals surface area contributed by atoms with Gasteiger partial charge in [0.15, 0.2) is 6.29 Å². The number of rotatable bonds is 13. The molecule has 4 aromatic rings. The molecule has 0 aliphatic carbocycles. The number of benzene rings is 4. The van der Waals surface area contributed by atoms with E-state index in [0.717, 1.165) is 23.2 Å². The van der Waals surface area contributed by atoms with Gasteiger partial charge < -0.3 is 30.9 Å². The van der Waals surface area contributed by atoms with Crippen LogP contribution in [0.4, 0.5) is 17.1 Å². The first-order valence-corrected chi connectivity index (χ1v) is 15.6. The van der Waals surface area contributed by atoms with Crippen LogP contribution >= 0.6 is 0 Å². The Morgan fingerprint density at radius 2 is 1.54 bits per heavy atom. The van der Waals surface area contributed by atoms with Crippen LogP contribution in [-0.2, 0) is 32.2 Å². The largest absolute Gasteiger partial charge is 0.397 e. The van der Waals surface area contributed by atoms with Gasteiger partial charge in [0.05, 0.1) is 30.2 Å². The molecule has 9 heteroatoms. The first kappa shape index (κ1) is 32.8. The van der Waals surface area contributed by atoms with Crippen LogP contribution in [0.2, 0.25) is 0 Å². The number of nitrogens with two attached hydrogens (primary N) is 1. The van der Waals surface area contributed by atoms with E-state index in [-0.39, 0.29) is 43.5 Å². The summed E-state index contributed by atoms with van der Waals surface area (Å²) in [4.78, 5) is 27.3. The second kappa shape index (κ2) is 16.1. The molecule has 2 amide bonds. The lowest BCUT2D eigenvalue weighted by atomic mass is 9.99. The Balaban J connectivity index is 1.21. The molecule has 0 saturated carbocycles. The van der Waals surface area contributed by atoms with E-state index in [2.05, 4.69) is 34.7 Å². The van der Waals surface area contributed by atoms with E-state index < -0.39 is 6.29 Å². The summed E-state index contributed by atoms with van der Waals surface area (Å²) >= 11 is 0. The van der Waals surface area contributed by atoms with Crippen molar-refractivity contribution >= 4 is 28.9 Å². The monoisotopic (exact) mass is 622 g/mol. The molecular weight excluding hydrogens is 580 g/mol. The molecule has 4 aromatic carbocycles. The Morgan fingerprint density at radius 1 is 0.826 bits per heavy atom. The van der Waals surface area contributed by atoms with E-state index in [0.29, 0.717) is 36.4 Å². The number of aliphatic hydroxyl groups is 1. The summed E-state index contributed by atoms with van der Waals surface area (Å²) in [6.07, 6.45) is 0.509. The maximum atomic E-state index is 12.8. The number of amides is 2. The number of nitrogens with zero attached hydrogens (tertiary/aromatic N) is 1. The normalized spacial score (nSPS) is 17.8. The summed E-state index contributed by atoms with van der Waals surface area (Å²) in [5, 5.41) is 15.2. The lowest BCUT2D eigenvalue weighted by Gasteiger charge is -2.38. The third-order valence-corrected chi connectivity index (χ3v) is 7.91. The zero-order valence-electron chi connectivity index (χ0n) is 26.1. The Bertz CT molecular complexity index is 1580. The van der Waals surface area contributed by atoms with Gasteiger partial charge in [0, 0.05) is 43.6 Å². The predicted octanol–water partition coefficient (Wildman–Crippen LogP) is 6.19. The van der Waals surface area contributed by atoms with E-state index in [1.807, 2.05) is 66.7 Å². The van der Waals surface area contributed by atoms with E-state index in [1.54, 1.807) is 24.3 Å². The first-order valence-electron chi connectivity index (χ1n) is 15.6. The third kappa shape index (κ3) is 9.48. The number of aliphatic hydroxyl groups excluding tert-OH is 1. The van der Waals surface area contributed by atoms with Crippen LogP contribution in [0.5, 0.6) is 0 Å². The van der Waals surface area contributed by atoms with Gasteiger partial charge >= 0.3 is 0 Å². The van der Waals surface area contributed by atoms with Crippen LogP contribution in [0.25, 0.3) is 0 Å². The maximum Gasteiger partial charge on any atom is 0.224 e. The molecule has 0 spiro atoms. The maximum absolute atomic E-state index is 12.8. The lowest BCUT2D eigenvalue weighted by Crippen LogP contribution is -2.37. The van der Waals surface area contributed by atoms with E-state index in [4.69, 9.17) is 15.2 Å². The van der Waals surface area contributed by atoms with Crippen molar-refractivity contribution < 1.29 is 24.2 Å². The van der Waals surface area contributed by atoms with Gasteiger partial charge in [0.25, 0.3) is 0 Å². The van der Waals surface area contributed by atoms with Gasteiger partial charge in [-0.25, -0.2) is 0 Å². The minimum absolute atomic E-state index is 0.0149. The van der Waals surface area contributed by atoms with Gasteiger partial charge in [0.2, 0.25) is 11.8 Å². The average molecular weight is 623 g/mol. The standard InChI is InChI=1S/C37H42N4O5/c1-41(23-26-9-3-2-4-10-26)24-31-22-34(28-19-17-27(25-42)18-20-28)46-37(45-31)29-11-7-12-30(21-29)39-35(43)15-8-16-36(44)40-33-14-6-5-13-32(33)38/h2-7,9-14,17-21,31,34,37,42H,8,15-16,22-25,38H2,1H3,(H,39,43)(H,40,44). The van der Waals surface area contributed by atoms with Crippen molar-refractivity contribution in [2.24, 2.45) is 0 Å². The minimum Gasteiger partial charge on any atom is -0.397 e. The zero-order chi connectivity index (χ0) is 32.3. The molecule has 1 heterocycles. The molecule has 240 valence electrons. The Morgan fingerprint density at radius 3 is 2.28 bits per heavy atom. The minimum atomic E-state index is -0.641. The fourth-order valence-electron chi connectivity index (χ4n) is 5.56. The number of ether oxygens (including phenoxy) is 2. The molecule has 5 N–H and O–H groups in total. The number of carbonyl (C=O) groups excluding carboxylic acids is 2. The van der Waals surface area contributed by atoms with Gasteiger partial charge in [-0.05, 0) is 54.4 Å². The molecular formula is C37H42N4O5. The van der Waals surface area contributed by atoms with Crippen LogP contribution < -0.4 is 16.4 Å². The predicted molar refractivity (Wildman–Crippen MR) is 180 cm³/mol. The molecule has 3 unspecified atom stereocenters. The number of carbonyl (C=O) groups is 2. The Hall–Kier alpha value is -4.54. The first-order chi connectivity index (χ1) is 22.4. The SMILES string of the molecule is CN(Cc1ccccc1)CC1CC(c2ccc(CO)cc2)OC(c2cccc(NC(=O)CCCC(=O)Nc3ccccc3N)c2)O1. The molecule has 46 heavy (non-hydrogen) atoms. The highest BCUT2D eigenvalue weighted by molar-refractivity contribution is 5.94. The smallest absolute Gasteiger partial charge is 0.224 e. The number of para-hydroxylation sites is 2. The number of hydrogen-bond acceptors (Lipinski definition) is 7. The van der Waals surface area contributed by atoms with E-state index >= 15 is 0 Å². The lowest BCUT2D eigenvalue weighted by molar-refractivity contribution is -0.252. The summed E-state index contributed by atoms with van der Waals surface area (Å²) in [5.41, 5.74) is 11.5. The number of anilines is 3. The molecule has 5 rings (SSSR count). The highest BCUT2D eigenvalue weighted by atomic mass is 16.7. The van der Waals surface area contributed by atoms with Gasteiger partial charge in [-0.1, -0.05) is 78.9 Å². The number of likely N-dealkylation sites (N-methyl/N-ethyl adjacent to an activating group) is 1. The van der Waals surface area contributed by atoms with Crippen molar-refractivity contribution in [3.8, 4) is 0 Å². The van der Waals surface area contributed by atoms with Crippen LogP contribution in [0.15, 0.2) is 103 Å². The topological polar surface area (TPSA) is 126 Å². The number of nitrogen functional groups attached to an aromatic ring is 1. The molecule has 0 radical (unpaired) electrons. The highest BCUT2D eigenvalue weighted by Crippen LogP contribution is 2.38. The van der Waals surface area contributed by atoms with Crippen molar-refractivity contribution in [1.82, 2.24) is 4.90 Å².